The minimum Gasteiger partial charge on any atom is -0.466 e. The Hall–Kier alpha value is -1.57. The number of aryl methyl sites for hydroxylation is 2. The first kappa shape index (κ1) is 11.9. The van der Waals surface area contributed by atoms with E-state index >= 15 is 0 Å². The van der Waals surface area contributed by atoms with Crippen LogP contribution in [-0.4, -0.2) is 13.1 Å². The zero-order valence-corrected chi connectivity index (χ0v) is 10.6. The van der Waals surface area contributed by atoms with E-state index < -0.39 is 0 Å². The number of rotatable bonds is 1. The Morgan fingerprint density at radius 1 is 1.41 bits per heavy atom. The average Bonchev–Trinajstić information content (AvgIpc) is 2.50. The van der Waals surface area contributed by atoms with Crippen LogP contribution in [-0.2, 0) is 16.0 Å². The summed E-state index contributed by atoms with van der Waals surface area (Å²) in [7, 11) is 1.44. The highest BCUT2D eigenvalue weighted by atomic mass is 16.5. The summed E-state index contributed by atoms with van der Waals surface area (Å²) >= 11 is 0. The molecule has 90 valence electrons. The largest absolute Gasteiger partial charge is 0.466 e. The van der Waals surface area contributed by atoms with Crippen LogP contribution in [0.4, 0.5) is 0 Å². The lowest BCUT2D eigenvalue weighted by Crippen LogP contribution is -2.11. The van der Waals surface area contributed by atoms with E-state index in [1.807, 2.05) is 6.08 Å². The Morgan fingerprint density at radius 3 is 2.88 bits per heavy atom. The summed E-state index contributed by atoms with van der Waals surface area (Å²) in [6, 6.07) is 6.31. The molecule has 0 saturated heterocycles. The molecule has 0 saturated carbocycles. The molecule has 2 rings (SSSR count). The first-order valence-electron chi connectivity index (χ1n) is 6.02. The highest BCUT2D eigenvalue weighted by Gasteiger charge is 2.21. The lowest BCUT2D eigenvalue weighted by Gasteiger charge is -2.10. The van der Waals surface area contributed by atoms with Crippen molar-refractivity contribution in [3.63, 3.8) is 0 Å². The minimum atomic E-state index is -0.200. The van der Waals surface area contributed by atoms with Crippen LogP contribution in [0.15, 0.2) is 23.8 Å². The molecular weight excluding hydrogens is 212 g/mol. The van der Waals surface area contributed by atoms with Gasteiger partial charge in [0.1, 0.15) is 0 Å². The Kier molecular flexibility index (Phi) is 3.32. The Labute approximate surface area is 102 Å². The van der Waals surface area contributed by atoms with Gasteiger partial charge in [-0.25, -0.2) is 4.79 Å². The Morgan fingerprint density at radius 2 is 2.18 bits per heavy atom. The monoisotopic (exact) mass is 230 g/mol. The average molecular weight is 230 g/mol. The van der Waals surface area contributed by atoms with Gasteiger partial charge in [0.05, 0.1) is 7.11 Å². The highest BCUT2D eigenvalue weighted by Crippen LogP contribution is 2.29. The fourth-order valence-electron chi connectivity index (χ4n) is 2.37. The Bertz CT molecular complexity index is 472. The van der Waals surface area contributed by atoms with Crippen molar-refractivity contribution in [2.75, 3.05) is 7.11 Å². The second-order valence-corrected chi connectivity index (χ2v) is 4.68. The van der Waals surface area contributed by atoms with Gasteiger partial charge in [0.25, 0.3) is 0 Å². The predicted octanol–water partition coefficient (Wildman–Crippen LogP) is 3.13. The van der Waals surface area contributed by atoms with Gasteiger partial charge < -0.3 is 4.74 Å². The number of fused-ring (bicyclic) bond motifs is 1. The van der Waals surface area contributed by atoms with Gasteiger partial charge >= 0.3 is 5.97 Å². The maximum atomic E-state index is 11.8. The van der Waals surface area contributed by atoms with Crippen LogP contribution in [0.3, 0.4) is 0 Å². The zero-order chi connectivity index (χ0) is 12.4. The van der Waals surface area contributed by atoms with Crippen molar-refractivity contribution in [1.82, 2.24) is 0 Å². The van der Waals surface area contributed by atoms with Crippen LogP contribution in [0.25, 0.3) is 6.08 Å². The predicted molar refractivity (Wildman–Crippen MR) is 68.7 cm³/mol. The Balaban J connectivity index is 2.52. The number of carbonyl (C=O) groups excluding carboxylic acids is 1. The molecule has 1 aromatic rings. The second kappa shape index (κ2) is 4.74. The molecule has 1 atom stereocenters. The molecule has 2 nitrogen and oxygen atoms in total. The molecule has 0 aromatic heterocycles. The van der Waals surface area contributed by atoms with Crippen molar-refractivity contribution in [1.29, 1.82) is 0 Å². The summed E-state index contributed by atoms with van der Waals surface area (Å²) in [5, 5.41) is 0. The van der Waals surface area contributed by atoms with E-state index in [4.69, 9.17) is 4.74 Å². The SMILES string of the molecule is COC(=O)C1=Cc2c(C)cccc2CCC1C. The normalized spacial score (nSPS) is 19.0. The smallest absolute Gasteiger partial charge is 0.334 e. The van der Waals surface area contributed by atoms with Crippen LogP contribution in [0.1, 0.15) is 30.0 Å². The molecule has 2 heteroatoms. The van der Waals surface area contributed by atoms with Crippen molar-refractivity contribution >= 4 is 12.0 Å². The molecule has 0 bridgehead atoms. The summed E-state index contributed by atoms with van der Waals surface area (Å²) in [5.74, 6) is 0.0582. The molecule has 0 fully saturated rings. The third kappa shape index (κ3) is 2.26. The summed E-state index contributed by atoms with van der Waals surface area (Å²) in [6.45, 7) is 4.17. The first-order valence-corrected chi connectivity index (χ1v) is 6.02. The fourth-order valence-corrected chi connectivity index (χ4v) is 2.37. The van der Waals surface area contributed by atoms with E-state index in [1.54, 1.807) is 0 Å². The quantitative estimate of drug-likeness (QED) is 0.693. The minimum absolute atomic E-state index is 0.200. The lowest BCUT2D eigenvalue weighted by molar-refractivity contribution is -0.136. The van der Waals surface area contributed by atoms with Gasteiger partial charge in [0.15, 0.2) is 0 Å². The molecule has 1 unspecified atom stereocenters. The second-order valence-electron chi connectivity index (χ2n) is 4.68. The third-order valence-electron chi connectivity index (χ3n) is 3.51. The molecule has 0 N–H and O–H groups in total. The molecule has 0 aliphatic heterocycles. The molecule has 1 aliphatic rings. The summed E-state index contributed by atoms with van der Waals surface area (Å²) < 4.78 is 4.86. The molecule has 0 heterocycles. The molecule has 1 aromatic carbocycles. The van der Waals surface area contributed by atoms with E-state index in [0.29, 0.717) is 0 Å². The van der Waals surface area contributed by atoms with Crippen molar-refractivity contribution in [2.24, 2.45) is 5.92 Å². The number of hydrogen-bond acceptors (Lipinski definition) is 2. The maximum Gasteiger partial charge on any atom is 0.334 e. The van der Waals surface area contributed by atoms with E-state index in [2.05, 4.69) is 32.0 Å². The van der Waals surface area contributed by atoms with Gasteiger partial charge in [0.2, 0.25) is 0 Å². The van der Waals surface area contributed by atoms with Gasteiger partial charge in [-0.1, -0.05) is 25.1 Å². The zero-order valence-electron chi connectivity index (χ0n) is 10.6. The standard InChI is InChI=1S/C15H18O2/c1-10-5-4-6-12-8-7-11(2)14(9-13(10)12)15(16)17-3/h4-6,9,11H,7-8H2,1-3H3. The van der Waals surface area contributed by atoms with Crippen molar-refractivity contribution in [3.05, 3.63) is 40.5 Å². The maximum absolute atomic E-state index is 11.8. The van der Waals surface area contributed by atoms with Gasteiger partial charge in [-0.3, -0.25) is 0 Å². The first-order chi connectivity index (χ1) is 8.13. The molecule has 0 radical (unpaired) electrons. The number of methoxy groups -OCH3 is 1. The number of ether oxygens (including phenoxy) is 1. The van der Waals surface area contributed by atoms with Crippen LogP contribution < -0.4 is 0 Å². The van der Waals surface area contributed by atoms with Crippen LogP contribution in [0.5, 0.6) is 0 Å². The molecule has 1 aliphatic carbocycles. The van der Waals surface area contributed by atoms with Gasteiger partial charge in [-0.2, -0.15) is 0 Å². The van der Waals surface area contributed by atoms with Crippen molar-refractivity contribution in [3.8, 4) is 0 Å². The summed E-state index contributed by atoms with van der Waals surface area (Å²) in [4.78, 5) is 11.8. The fraction of sp³-hybridized carbons (Fsp3) is 0.400. The lowest BCUT2D eigenvalue weighted by atomic mass is 9.97. The van der Waals surface area contributed by atoms with Crippen molar-refractivity contribution in [2.45, 2.75) is 26.7 Å². The van der Waals surface area contributed by atoms with Crippen LogP contribution in [0, 0.1) is 12.8 Å². The molecular formula is C15H18O2. The van der Waals surface area contributed by atoms with Gasteiger partial charge in [-0.05, 0) is 48.4 Å². The van der Waals surface area contributed by atoms with E-state index in [-0.39, 0.29) is 11.9 Å². The van der Waals surface area contributed by atoms with Gasteiger partial charge in [-0.15, -0.1) is 0 Å². The number of carbonyl (C=O) groups is 1. The molecule has 0 amide bonds. The number of hydrogen-bond donors (Lipinski definition) is 0. The summed E-state index contributed by atoms with van der Waals surface area (Å²) in [6.07, 6.45) is 4.03. The van der Waals surface area contributed by atoms with Crippen LogP contribution in [0.2, 0.25) is 0 Å². The molecule has 17 heavy (non-hydrogen) atoms. The van der Waals surface area contributed by atoms with Crippen molar-refractivity contribution < 1.29 is 9.53 Å². The third-order valence-corrected chi connectivity index (χ3v) is 3.51. The van der Waals surface area contributed by atoms with Gasteiger partial charge in [0, 0.05) is 5.57 Å². The summed E-state index contributed by atoms with van der Waals surface area (Å²) in [5.41, 5.74) is 4.53. The van der Waals surface area contributed by atoms with E-state index in [9.17, 15) is 4.79 Å². The number of esters is 1. The topological polar surface area (TPSA) is 26.3 Å². The molecule has 0 spiro atoms. The highest BCUT2D eigenvalue weighted by molar-refractivity contribution is 5.94. The van der Waals surface area contributed by atoms with Crippen LogP contribution >= 0.6 is 0 Å². The van der Waals surface area contributed by atoms with E-state index in [1.165, 1.54) is 23.8 Å². The number of benzene rings is 1. The van der Waals surface area contributed by atoms with E-state index in [0.717, 1.165) is 18.4 Å².